The Kier molecular flexibility index (Phi) is 5.26. The molecule has 0 spiro atoms. The van der Waals surface area contributed by atoms with Crippen molar-refractivity contribution < 1.29 is 8.42 Å². The average Bonchev–Trinajstić information content (AvgIpc) is 2.35. The number of halogens is 1. The number of hydrogen-bond acceptors (Lipinski definition) is 5. The largest absolute Gasteiger partial charge is 0.383 e. The molecule has 1 aliphatic heterocycles. The molecule has 2 heterocycles. The second kappa shape index (κ2) is 6.08. The van der Waals surface area contributed by atoms with E-state index in [4.69, 9.17) is 11.5 Å². The molecule has 0 aromatic carbocycles. The number of aromatic nitrogens is 1. The first-order chi connectivity index (χ1) is 9.14. The van der Waals surface area contributed by atoms with Crippen molar-refractivity contribution in [3.8, 4) is 0 Å². The van der Waals surface area contributed by atoms with Gasteiger partial charge < -0.3 is 11.5 Å². The Morgan fingerprint density at radius 2 is 2.05 bits per heavy atom. The molecule has 4 N–H and O–H groups in total. The van der Waals surface area contributed by atoms with E-state index in [9.17, 15) is 8.42 Å². The van der Waals surface area contributed by atoms with E-state index in [-0.39, 0.29) is 34.6 Å². The molecular formula is C13H23ClN4O2S. The van der Waals surface area contributed by atoms with Crippen LogP contribution in [0.25, 0.3) is 0 Å². The van der Waals surface area contributed by atoms with Crippen molar-refractivity contribution in [1.82, 2.24) is 9.29 Å². The fourth-order valence-electron chi connectivity index (χ4n) is 2.43. The van der Waals surface area contributed by atoms with Gasteiger partial charge in [-0.1, -0.05) is 13.8 Å². The quantitative estimate of drug-likeness (QED) is 0.844. The summed E-state index contributed by atoms with van der Waals surface area (Å²) in [6.07, 6.45) is 2.20. The first kappa shape index (κ1) is 18.2. The highest BCUT2D eigenvalue weighted by Gasteiger charge is 2.39. The minimum absolute atomic E-state index is 0. The average molecular weight is 335 g/mol. The Morgan fingerprint density at radius 3 is 2.62 bits per heavy atom. The van der Waals surface area contributed by atoms with Crippen molar-refractivity contribution >= 4 is 28.2 Å². The number of nitrogens with two attached hydrogens (primary N) is 2. The van der Waals surface area contributed by atoms with Crippen LogP contribution in [0.1, 0.15) is 25.8 Å². The SMILES string of the molecule is Cc1cnc(N)c(S(=O)(=O)N2CCC(N)C(C)(C)C2)c1.Cl. The van der Waals surface area contributed by atoms with Crippen molar-refractivity contribution in [3.05, 3.63) is 17.8 Å². The summed E-state index contributed by atoms with van der Waals surface area (Å²) in [5, 5.41) is 0. The predicted molar refractivity (Wildman–Crippen MR) is 85.8 cm³/mol. The molecule has 1 aliphatic rings. The van der Waals surface area contributed by atoms with E-state index in [1.807, 2.05) is 13.8 Å². The first-order valence-electron chi connectivity index (χ1n) is 6.62. The molecule has 0 radical (unpaired) electrons. The lowest BCUT2D eigenvalue weighted by atomic mass is 9.81. The lowest BCUT2D eigenvalue weighted by Gasteiger charge is -2.41. The van der Waals surface area contributed by atoms with E-state index in [0.717, 1.165) is 5.56 Å². The van der Waals surface area contributed by atoms with Crippen molar-refractivity contribution in [2.24, 2.45) is 11.1 Å². The van der Waals surface area contributed by atoms with E-state index in [2.05, 4.69) is 4.98 Å². The smallest absolute Gasteiger partial charge is 0.246 e. The molecule has 0 aliphatic carbocycles. The second-order valence-corrected chi connectivity index (χ2v) is 8.02. The van der Waals surface area contributed by atoms with E-state index >= 15 is 0 Å². The fraction of sp³-hybridized carbons (Fsp3) is 0.615. The Hall–Kier alpha value is -0.890. The monoisotopic (exact) mass is 334 g/mol. The normalized spacial score (nSPS) is 22.6. The molecule has 6 nitrogen and oxygen atoms in total. The summed E-state index contributed by atoms with van der Waals surface area (Å²) in [6.45, 7) is 6.57. The van der Waals surface area contributed by atoms with Crippen LogP contribution in [0.15, 0.2) is 17.2 Å². The van der Waals surface area contributed by atoms with Crippen LogP contribution in [-0.2, 0) is 10.0 Å². The third-order valence-electron chi connectivity index (χ3n) is 3.91. The van der Waals surface area contributed by atoms with Gasteiger partial charge in [0.05, 0.1) is 0 Å². The molecule has 2 rings (SSSR count). The summed E-state index contributed by atoms with van der Waals surface area (Å²) < 4.78 is 26.9. The molecule has 1 saturated heterocycles. The molecular weight excluding hydrogens is 312 g/mol. The molecule has 120 valence electrons. The van der Waals surface area contributed by atoms with Gasteiger partial charge in [0, 0.05) is 25.3 Å². The zero-order valence-electron chi connectivity index (χ0n) is 12.5. The van der Waals surface area contributed by atoms with Gasteiger partial charge in [-0.05, 0) is 30.4 Å². The topological polar surface area (TPSA) is 102 Å². The Bertz CT molecular complexity index is 619. The molecule has 21 heavy (non-hydrogen) atoms. The number of rotatable bonds is 2. The van der Waals surface area contributed by atoms with Crippen molar-refractivity contribution in [2.45, 2.75) is 38.1 Å². The molecule has 1 unspecified atom stereocenters. The van der Waals surface area contributed by atoms with Crippen LogP contribution < -0.4 is 11.5 Å². The van der Waals surface area contributed by atoms with Crippen LogP contribution in [0.5, 0.6) is 0 Å². The number of sulfonamides is 1. The van der Waals surface area contributed by atoms with Gasteiger partial charge in [-0.2, -0.15) is 4.31 Å². The molecule has 0 bridgehead atoms. The summed E-state index contributed by atoms with van der Waals surface area (Å²) >= 11 is 0. The molecule has 1 aromatic heterocycles. The van der Waals surface area contributed by atoms with Crippen LogP contribution in [0.4, 0.5) is 5.82 Å². The van der Waals surface area contributed by atoms with Crippen LogP contribution in [0.2, 0.25) is 0 Å². The summed E-state index contributed by atoms with van der Waals surface area (Å²) in [4.78, 5) is 4.03. The van der Waals surface area contributed by atoms with Crippen molar-refractivity contribution in [2.75, 3.05) is 18.8 Å². The van der Waals surface area contributed by atoms with Crippen LogP contribution >= 0.6 is 12.4 Å². The van der Waals surface area contributed by atoms with Gasteiger partial charge in [0.1, 0.15) is 10.7 Å². The van der Waals surface area contributed by atoms with Crippen molar-refractivity contribution in [1.29, 1.82) is 0 Å². The second-order valence-electron chi connectivity index (χ2n) is 6.12. The summed E-state index contributed by atoms with van der Waals surface area (Å²) in [6, 6.07) is 1.57. The minimum atomic E-state index is -3.62. The van der Waals surface area contributed by atoms with E-state index in [1.54, 1.807) is 19.2 Å². The van der Waals surface area contributed by atoms with Gasteiger partial charge in [0.15, 0.2) is 0 Å². The molecule has 1 atom stereocenters. The fourth-order valence-corrected chi connectivity index (χ4v) is 4.21. The zero-order chi connectivity index (χ0) is 15.1. The van der Waals surface area contributed by atoms with E-state index in [0.29, 0.717) is 19.5 Å². The van der Waals surface area contributed by atoms with E-state index < -0.39 is 10.0 Å². The maximum absolute atomic E-state index is 12.7. The number of hydrogen-bond donors (Lipinski definition) is 2. The lowest BCUT2D eigenvalue weighted by molar-refractivity contribution is 0.155. The maximum Gasteiger partial charge on any atom is 0.246 e. The number of nitrogen functional groups attached to an aromatic ring is 1. The lowest BCUT2D eigenvalue weighted by Crippen LogP contribution is -2.53. The number of anilines is 1. The third kappa shape index (κ3) is 3.48. The Balaban J connectivity index is 0.00000220. The number of nitrogens with zero attached hydrogens (tertiary/aromatic N) is 2. The van der Waals surface area contributed by atoms with Gasteiger partial charge in [0.2, 0.25) is 10.0 Å². The van der Waals surface area contributed by atoms with Crippen LogP contribution in [-0.4, -0.2) is 36.8 Å². The molecule has 0 saturated carbocycles. The van der Waals surface area contributed by atoms with Crippen LogP contribution in [0.3, 0.4) is 0 Å². The summed E-state index contributed by atoms with van der Waals surface area (Å²) in [5.74, 6) is 0.0447. The highest BCUT2D eigenvalue weighted by Crippen LogP contribution is 2.32. The Morgan fingerprint density at radius 1 is 1.43 bits per heavy atom. The minimum Gasteiger partial charge on any atom is -0.383 e. The molecule has 8 heteroatoms. The van der Waals surface area contributed by atoms with Gasteiger partial charge in [-0.25, -0.2) is 13.4 Å². The number of pyridine rings is 1. The van der Waals surface area contributed by atoms with Gasteiger partial charge in [-0.15, -0.1) is 12.4 Å². The highest BCUT2D eigenvalue weighted by molar-refractivity contribution is 7.89. The maximum atomic E-state index is 12.7. The van der Waals surface area contributed by atoms with Gasteiger partial charge in [-0.3, -0.25) is 0 Å². The zero-order valence-corrected chi connectivity index (χ0v) is 14.2. The molecule has 1 fully saturated rings. The van der Waals surface area contributed by atoms with Gasteiger partial charge in [0.25, 0.3) is 0 Å². The Labute approximate surface area is 132 Å². The molecule has 0 amide bonds. The highest BCUT2D eigenvalue weighted by atomic mass is 35.5. The van der Waals surface area contributed by atoms with Crippen molar-refractivity contribution in [3.63, 3.8) is 0 Å². The first-order valence-corrected chi connectivity index (χ1v) is 8.06. The van der Waals surface area contributed by atoms with Gasteiger partial charge >= 0.3 is 0 Å². The number of aryl methyl sites for hydroxylation is 1. The predicted octanol–water partition coefficient (Wildman–Crippen LogP) is 1.14. The molecule has 1 aromatic rings. The van der Waals surface area contributed by atoms with E-state index in [1.165, 1.54) is 4.31 Å². The summed E-state index contributed by atoms with van der Waals surface area (Å²) in [5.41, 5.74) is 12.3. The number of piperidine rings is 1. The van der Waals surface area contributed by atoms with Crippen LogP contribution in [0, 0.1) is 12.3 Å². The standard InChI is InChI=1S/C13H22N4O2S.ClH/c1-9-6-10(12(15)16-7-9)20(18,19)17-5-4-11(14)13(2,3)8-17;/h6-7,11H,4-5,8,14H2,1-3H3,(H2,15,16);1H. The summed E-state index contributed by atoms with van der Waals surface area (Å²) in [7, 11) is -3.62. The third-order valence-corrected chi connectivity index (χ3v) is 5.79.